The molecule has 174 valence electrons. The third-order valence-electron chi connectivity index (χ3n) is 5.65. The van der Waals surface area contributed by atoms with E-state index in [0.29, 0.717) is 12.3 Å². The molecule has 2 heterocycles. The van der Waals surface area contributed by atoms with Gasteiger partial charge in [-0.05, 0) is 36.5 Å². The third-order valence-corrected chi connectivity index (χ3v) is 5.65. The van der Waals surface area contributed by atoms with Crippen LogP contribution in [-0.2, 0) is 24.8 Å². The van der Waals surface area contributed by atoms with E-state index in [1.807, 2.05) is 30.3 Å². The number of carboxylic acids is 1. The molecule has 2 aromatic heterocycles. The van der Waals surface area contributed by atoms with Crippen LogP contribution in [0, 0.1) is 5.92 Å². The number of carboxylic acid groups (broad SMARTS) is 1. The van der Waals surface area contributed by atoms with Crippen LogP contribution < -0.4 is 16.0 Å². The lowest BCUT2D eigenvalue weighted by molar-refractivity contribution is -0.146. The van der Waals surface area contributed by atoms with Gasteiger partial charge in [0.25, 0.3) is 5.56 Å². The monoisotopic (exact) mass is 453 g/mol. The van der Waals surface area contributed by atoms with Gasteiger partial charge in [-0.1, -0.05) is 24.3 Å². The molecule has 0 saturated carbocycles. The van der Waals surface area contributed by atoms with E-state index >= 15 is 0 Å². The molecule has 0 aliphatic rings. The van der Waals surface area contributed by atoms with E-state index in [1.165, 1.54) is 23.9 Å². The Labute approximate surface area is 190 Å². The van der Waals surface area contributed by atoms with Gasteiger partial charge >= 0.3 is 11.7 Å². The SMILES string of the molecule is COc1ccc(-c2ccc(CC[C@@H](O)[C@H](CCn3c(=O)ccn(C)c3=O)C(=O)O)cc2)cn1. The largest absolute Gasteiger partial charge is 0.481 e. The Balaban J connectivity index is 1.61. The topological polar surface area (TPSA) is 124 Å². The highest BCUT2D eigenvalue weighted by Crippen LogP contribution is 2.22. The molecule has 0 spiro atoms. The van der Waals surface area contributed by atoms with Crippen molar-refractivity contribution in [2.75, 3.05) is 7.11 Å². The lowest BCUT2D eigenvalue weighted by atomic mass is 9.93. The van der Waals surface area contributed by atoms with Gasteiger partial charge in [0.05, 0.1) is 19.1 Å². The summed E-state index contributed by atoms with van der Waals surface area (Å²) < 4.78 is 7.29. The predicted octanol–water partition coefficient (Wildman–Crippen LogP) is 1.70. The second-order valence-electron chi connectivity index (χ2n) is 7.82. The van der Waals surface area contributed by atoms with E-state index < -0.39 is 29.2 Å². The number of benzene rings is 1. The highest BCUT2D eigenvalue weighted by Gasteiger charge is 2.26. The highest BCUT2D eigenvalue weighted by molar-refractivity contribution is 5.70. The van der Waals surface area contributed by atoms with Crippen LogP contribution in [0.25, 0.3) is 11.1 Å². The molecule has 3 aromatic rings. The number of rotatable bonds is 10. The fourth-order valence-corrected chi connectivity index (χ4v) is 3.62. The summed E-state index contributed by atoms with van der Waals surface area (Å²) in [4.78, 5) is 40.0. The van der Waals surface area contributed by atoms with Gasteiger partial charge in [0.15, 0.2) is 0 Å². The van der Waals surface area contributed by atoms with Crippen molar-refractivity contribution in [3.8, 4) is 17.0 Å². The molecule has 33 heavy (non-hydrogen) atoms. The number of pyridine rings is 1. The summed E-state index contributed by atoms with van der Waals surface area (Å²) >= 11 is 0. The minimum atomic E-state index is -1.16. The Morgan fingerprint density at radius 2 is 1.76 bits per heavy atom. The fraction of sp³-hybridized carbons (Fsp3) is 0.333. The normalized spacial score (nSPS) is 12.8. The van der Waals surface area contributed by atoms with Gasteiger partial charge in [0, 0.05) is 43.7 Å². The molecule has 2 atom stereocenters. The van der Waals surface area contributed by atoms with Gasteiger partial charge in [-0.15, -0.1) is 0 Å². The van der Waals surface area contributed by atoms with Crippen LogP contribution in [0.3, 0.4) is 0 Å². The zero-order valence-electron chi connectivity index (χ0n) is 18.5. The molecule has 0 aliphatic heterocycles. The predicted molar refractivity (Wildman–Crippen MR) is 122 cm³/mol. The lowest BCUT2D eigenvalue weighted by Crippen LogP contribution is -2.39. The van der Waals surface area contributed by atoms with Gasteiger partial charge in [0.1, 0.15) is 0 Å². The van der Waals surface area contributed by atoms with Crippen LogP contribution in [-0.4, -0.2) is 43.5 Å². The molecule has 9 nitrogen and oxygen atoms in total. The molecule has 9 heteroatoms. The fourth-order valence-electron chi connectivity index (χ4n) is 3.62. The maximum absolute atomic E-state index is 12.1. The second-order valence-corrected chi connectivity index (χ2v) is 7.82. The van der Waals surface area contributed by atoms with Gasteiger partial charge in [0.2, 0.25) is 5.88 Å². The van der Waals surface area contributed by atoms with E-state index in [-0.39, 0.29) is 19.4 Å². The minimum Gasteiger partial charge on any atom is -0.481 e. The molecule has 0 radical (unpaired) electrons. The molecular formula is C24H27N3O6. The number of nitrogens with zero attached hydrogens (tertiary/aromatic N) is 3. The molecule has 0 saturated heterocycles. The zero-order chi connectivity index (χ0) is 24.0. The van der Waals surface area contributed by atoms with E-state index in [4.69, 9.17) is 4.74 Å². The van der Waals surface area contributed by atoms with E-state index in [9.17, 15) is 24.6 Å². The van der Waals surface area contributed by atoms with Crippen LogP contribution in [0.2, 0.25) is 0 Å². The molecule has 0 unspecified atom stereocenters. The molecule has 1 aromatic carbocycles. The Hall–Kier alpha value is -3.72. The van der Waals surface area contributed by atoms with Crippen molar-refractivity contribution in [2.24, 2.45) is 13.0 Å². The number of aliphatic carboxylic acids is 1. The zero-order valence-corrected chi connectivity index (χ0v) is 18.5. The molecule has 0 bridgehead atoms. The van der Waals surface area contributed by atoms with Gasteiger partial charge in [-0.3, -0.25) is 14.2 Å². The molecule has 0 aliphatic carbocycles. The number of ether oxygens (including phenoxy) is 1. The average Bonchev–Trinajstić information content (AvgIpc) is 2.82. The van der Waals surface area contributed by atoms with Crippen molar-refractivity contribution in [1.29, 1.82) is 0 Å². The number of aliphatic hydroxyl groups excluding tert-OH is 1. The smallest absolute Gasteiger partial charge is 0.330 e. The van der Waals surface area contributed by atoms with E-state index in [2.05, 4.69) is 4.98 Å². The van der Waals surface area contributed by atoms with Gasteiger partial charge in [-0.25, -0.2) is 9.78 Å². The maximum atomic E-state index is 12.1. The van der Waals surface area contributed by atoms with Gasteiger partial charge in [-0.2, -0.15) is 0 Å². The van der Waals surface area contributed by atoms with Crippen molar-refractivity contribution in [3.63, 3.8) is 0 Å². The summed E-state index contributed by atoms with van der Waals surface area (Å²) in [6.45, 7) is -0.0784. The van der Waals surface area contributed by atoms with Gasteiger partial charge < -0.3 is 19.5 Å². The van der Waals surface area contributed by atoms with Crippen molar-refractivity contribution < 1.29 is 19.7 Å². The number of aryl methyl sites for hydroxylation is 2. The highest BCUT2D eigenvalue weighted by atomic mass is 16.5. The Morgan fingerprint density at radius 1 is 1.06 bits per heavy atom. The number of methoxy groups -OCH3 is 1. The lowest BCUT2D eigenvalue weighted by Gasteiger charge is -2.19. The Bertz CT molecular complexity index is 1200. The summed E-state index contributed by atoms with van der Waals surface area (Å²) in [5.41, 5.74) is 1.86. The van der Waals surface area contributed by atoms with Crippen LogP contribution in [0.4, 0.5) is 0 Å². The Kier molecular flexibility index (Phi) is 7.78. The van der Waals surface area contributed by atoms with Crippen LogP contribution in [0.1, 0.15) is 18.4 Å². The van der Waals surface area contributed by atoms with Crippen LogP contribution >= 0.6 is 0 Å². The number of carbonyl (C=O) groups is 1. The van der Waals surface area contributed by atoms with Crippen molar-refractivity contribution >= 4 is 5.97 Å². The van der Waals surface area contributed by atoms with E-state index in [1.54, 1.807) is 19.4 Å². The van der Waals surface area contributed by atoms with Crippen molar-refractivity contribution in [3.05, 3.63) is 81.3 Å². The van der Waals surface area contributed by atoms with Crippen molar-refractivity contribution in [1.82, 2.24) is 14.1 Å². The summed E-state index contributed by atoms with van der Waals surface area (Å²) in [5, 5.41) is 20.1. The minimum absolute atomic E-state index is 0.0287. The quantitative estimate of drug-likeness (QED) is 0.479. The average molecular weight is 453 g/mol. The third kappa shape index (κ3) is 5.95. The van der Waals surface area contributed by atoms with Crippen LogP contribution in [0.15, 0.2) is 64.4 Å². The number of hydrogen-bond acceptors (Lipinski definition) is 6. The number of aromatic nitrogens is 3. The summed E-state index contributed by atoms with van der Waals surface area (Å²) in [7, 11) is 3.07. The van der Waals surface area contributed by atoms with Crippen LogP contribution in [0.5, 0.6) is 5.88 Å². The summed E-state index contributed by atoms with van der Waals surface area (Å²) in [5.74, 6) is -1.72. The van der Waals surface area contributed by atoms with E-state index in [0.717, 1.165) is 21.3 Å². The first-order valence-corrected chi connectivity index (χ1v) is 10.6. The first-order chi connectivity index (χ1) is 15.8. The molecule has 0 fully saturated rings. The maximum Gasteiger partial charge on any atom is 0.330 e. The standard InChI is InChI=1S/C24H27N3O6/c1-26-13-12-22(29)27(24(26)32)14-11-19(23(30)31)20(28)9-5-16-3-6-17(7-4-16)18-8-10-21(33-2)25-15-18/h3-4,6-8,10,12-13,15,19-20,28H,5,9,11,14H2,1-2H3,(H,30,31)/t19-,20+/m0/s1. The molecule has 2 N–H and O–H groups in total. The first-order valence-electron chi connectivity index (χ1n) is 10.6. The summed E-state index contributed by atoms with van der Waals surface area (Å²) in [6.07, 6.45) is 2.67. The summed E-state index contributed by atoms with van der Waals surface area (Å²) in [6, 6.07) is 12.7. The number of hydrogen-bond donors (Lipinski definition) is 2. The Morgan fingerprint density at radius 3 is 2.36 bits per heavy atom. The molecular weight excluding hydrogens is 426 g/mol. The second kappa shape index (κ2) is 10.7. The molecule has 0 amide bonds. The first kappa shape index (κ1) is 23.9. The number of aliphatic hydroxyl groups is 1. The van der Waals surface area contributed by atoms with Crippen molar-refractivity contribution in [2.45, 2.75) is 31.9 Å². The molecule has 3 rings (SSSR count).